The van der Waals surface area contributed by atoms with Crippen LogP contribution in [0.2, 0.25) is 0 Å². The summed E-state index contributed by atoms with van der Waals surface area (Å²) in [7, 11) is 0. The van der Waals surface area contributed by atoms with Crippen molar-refractivity contribution in [1.29, 1.82) is 0 Å². The lowest BCUT2D eigenvalue weighted by Gasteiger charge is -2.33. The van der Waals surface area contributed by atoms with Gasteiger partial charge in [0.05, 0.1) is 17.5 Å². The van der Waals surface area contributed by atoms with Crippen LogP contribution in [0.1, 0.15) is 52.7 Å². The highest BCUT2D eigenvalue weighted by Crippen LogP contribution is 2.21. The summed E-state index contributed by atoms with van der Waals surface area (Å²) in [5.74, 6) is -0.928. The Labute approximate surface area is 151 Å². The van der Waals surface area contributed by atoms with Crippen LogP contribution in [0, 0.1) is 5.92 Å². The maximum atomic E-state index is 12.9. The first kappa shape index (κ1) is 18.0. The Hall–Kier alpha value is -2.84. The molecule has 1 aliphatic rings. The lowest BCUT2D eigenvalue weighted by atomic mass is 9.97. The fourth-order valence-corrected chi connectivity index (χ4v) is 3.29. The Bertz CT molecular complexity index is 790. The van der Waals surface area contributed by atoms with E-state index in [2.05, 4.69) is 27.2 Å². The lowest BCUT2D eigenvalue weighted by molar-refractivity contribution is 0.0656. The van der Waals surface area contributed by atoms with Crippen LogP contribution in [-0.4, -0.2) is 59.9 Å². The number of likely N-dealkylation sites (tertiary alicyclic amines) is 1. The Morgan fingerprint density at radius 3 is 2.96 bits per heavy atom. The smallest absolute Gasteiger partial charge is 0.358 e. The van der Waals surface area contributed by atoms with Gasteiger partial charge in [-0.1, -0.05) is 18.6 Å². The van der Waals surface area contributed by atoms with E-state index in [9.17, 15) is 9.59 Å². The Morgan fingerprint density at radius 1 is 1.38 bits per heavy atom. The third-order valence-corrected chi connectivity index (χ3v) is 4.52. The summed E-state index contributed by atoms with van der Waals surface area (Å²) in [4.78, 5) is 33.9. The van der Waals surface area contributed by atoms with Gasteiger partial charge in [-0.15, -0.1) is 5.10 Å². The van der Waals surface area contributed by atoms with Gasteiger partial charge >= 0.3 is 5.97 Å². The predicted octanol–water partition coefficient (Wildman–Crippen LogP) is 1.27. The third kappa shape index (κ3) is 4.04. The highest BCUT2D eigenvalue weighted by molar-refractivity contribution is 5.95. The Morgan fingerprint density at radius 2 is 2.23 bits per heavy atom. The van der Waals surface area contributed by atoms with Gasteiger partial charge in [0, 0.05) is 25.8 Å². The topological polar surface area (TPSA) is 114 Å². The van der Waals surface area contributed by atoms with E-state index in [-0.39, 0.29) is 17.5 Å². The molecule has 1 atom stereocenters. The molecule has 3 rings (SSSR count). The molecule has 3 heterocycles. The van der Waals surface area contributed by atoms with Crippen LogP contribution in [0.15, 0.2) is 18.7 Å². The fraction of sp³-hybridized carbons (Fsp3) is 0.529. The van der Waals surface area contributed by atoms with Crippen molar-refractivity contribution < 1.29 is 14.7 Å². The van der Waals surface area contributed by atoms with Crippen LogP contribution in [-0.2, 0) is 13.0 Å². The molecule has 1 N–H and O–H groups in total. The molecule has 1 aliphatic heterocycles. The van der Waals surface area contributed by atoms with Crippen molar-refractivity contribution in [1.82, 2.24) is 29.9 Å². The molecule has 1 saturated heterocycles. The van der Waals surface area contributed by atoms with Crippen LogP contribution in [0.3, 0.4) is 0 Å². The quantitative estimate of drug-likeness (QED) is 0.827. The Balaban J connectivity index is 1.68. The van der Waals surface area contributed by atoms with Crippen molar-refractivity contribution in [3.8, 4) is 0 Å². The molecule has 2 aromatic heterocycles. The number of rotatable bonds is 6. The van der Waals surface area contributed by atoms with Crippen LogP contribution in [0.25, 0.3) is 0 Å². The molecule has 0 radical (unpaired) electrons. The molecule has 0 bridgehead atoms. The molecule has 0 saturated carbocycles. The zero-order valence-electron chi connectivity index (χ0n) is 14.7. The van der Waals surface area contributed by atoms with E-state index in [0.717, 1.165) is 31.4 Å². The molecule has 26 heavy (non-hydrogen) atoms. The van der Waals surface area contributed by atoms with E-state index >= 15 is 0 Å². The highest BCUT2D eigenvalue weighted by atomic mass is 16.4. The zero-order valence-corrected chi connectivity index (χ0v) is 14.7. The minimum absolute atomic E-state index is 0.0384. The third-order valence-electron chi connectivity index (χ3n) is 4.52. The molecule has 9 nitrogen and oxygen atoms in total. The van der Waals surface area contributed by atoms with Gasteiger partial charge in [-0.05, 0) is 25.2 Å². The molecule has 0 aliphatic carbocycles. The Kier molecular flexibility index (Phi) is 5.55. The van der Waals surface area contributed by atoms with Crippen LogP contribution < -0.4 is 0 Å². The number of carbonyl (C=O) groups is 2. The summed E-state index contributed by atoms with van der Waals surface area (Å²) in [6, 6.07) is 0. The highest BCUT2D eigenvalue weighted by Gasteiger charge is 2.27. The predicted molar refractivity (Wildman–Crippen MR) is 91.6 cm³/mol. The largest absolute Gasteiger partial charge is 0.476 e. The van der Waals surface area contributed by atoms with Gasteiger partial charge in [-0.25, -0.2) is 14.8 Å². The van der Waals surface area contributed by atoms with Gasteiger partial charge in [0.25, 0.3) is 5.91 Å². The SMILES string of the molecule is CCCc1ncncc1C(=O)N1CCC[C@H](Cn2cc(C(=O)O)nn2)C1. The number of carbonyl (C=O) groups excluding carboxylic acids is 1. The summed E-state index contributed by atoms with van der Waals surface area (Å²) in [5, 5.41) is 16.4. The average Bonchev–Trinajstić information content (AvgIpc) is 3.11. The first-order valence-corrected chi connectivity index (χ1v) is 8.80. The number of hydrogen-bond acceptors (Lipinski definition) is 6. The second-order valence-electron chi connectivity index (χ2n) is 6.52. The minimum Gasteiger partial charge on any atom is -0.476 e. The van der Waals surface area contributed by atoms with Crippen molar-refractivity contribution in [3.05, 3.63) is 35.7 Å². The molecular weight excluding hydrogens is 336 g/mol. The number of aromatic carboxylic acids is 1. The maximum Gasteiger partial charge on any atom is 0.358 e. The molecular formula is C17H22N6O3. The van der Waals surface area contributed by atoms with Crippen molar-refractivity contribution in [2.75, 3.05) is 13.1 Å². The second kappa shape index (κ2) is 8.03. The number of carboxylic acid groups (broad SMARTS) is 1. The van der Waals surface area contributed by atoms with Gasteiger partial charge in [-0.2, -0.15) is 0 Å². The van der Waals surface area contributed by atoms with Crippen LogP contribution >= 0.6 is 0 Å². The normalized spacial score (nSPS) is 17.3. The van der Waals surface area contributed by atoms with Crippen LogP contribution in [0.4, 0.5) is 0 Å². The average molecular weight is 358 g/mol. The van der Waals surface area contributed by atoms with Gasteiger partial charge in [0.1, 0.15) is 6.33 Å². The summed E-state index contributed by atoms with van der Waals surface area (Å²) in [6.07, 6.45) is 8.02. The summed E-state index contributed by atoms with van der Waals surface area (Å²) < 4.78 is 1.54. The van der Waals surface area contributed by atoms with E-state index in [1.165, 1.54) is 17.2 Å². The van der Waals surface area contributed by atoms with Crippen molar-refractivity contribution >= 4 is 11.9 Å². The molecule has 0 aromatic carbocycles. The molecule has 2 aromatic rings. The van der Waals surface area contributed by atoms with E-state index < -0.39 is 5.97 Å². The fourth-order valence-electron chi connectivity index (χ4n) is 3.29. The number of hydrogen-bond donors (Lipinski definition) is 1. The van der Waals surface area contributed by atoms with E-state index in [1.54, 1.807) is 6.20 Å². The van der Waals surface area contributed by atoms with Crippen LogP contribution in [0.5, 0.6) is 0 Å². The number of nitrogens with zero attached hydrogens (tertiary/aromatic N) is 6. The van der Waals surface area contributed by atoms with E-state index in [0.29, 0.717) is 25.2 Å². The van der Waals surface area contributed by atoms with Crippen molar-refractivity contribution in [3.63, 3.8) is 0 Å². The number of aryl methyl sites for hydroxylation is 1. The molecule has 138 valence electrons. The second-order valence-corrected chi connectivity index (χ2v) is 6.52. The van der Waals surface area contributed by atoms with Crippen molar-refractivity contribution in [2.24, 2.45) is 5.92 Å². The van der Waals surface area contributed by atoms with Gasteiger partial charge in [-0.3, -0.25) is 9.48 Å². The number of aromatic nitrogens is 5. The van der Waals surface area contributed by atoms with Crippen molar-refractivity contribution in [2.45, 2.75) is 39.2 Å². The standard InChI is InChI=1S/C17H22N6O3/c1-2-4-14-13(7-18-11-19-14)16(24)22-6-3-5-12(8-22)9-23-10-15(17(25)26)20-21-23/h7,10-12H,2-6,8-9H2,1H3,(H,25,26)/t12-/m0/s1. The first-order valence-electron chi connectivity index (χ1n) is 8.80. The summed E-state index contributed by atoms with van der Waals surface area (Å²) in [5.41, 5.74) is 1.29. The van der Waals surface area contributed by atoms with Gasteiger partial charge in [0.2, 0.25) is 0 Å². The maximum absolute atomic E-state index is 12.9. The zero-order chi connectivity index (χ0) is 18.5. The lowest BCUT2D eigenvalue weighted by Crippen LogP contribution is -2.41. The molecule has 1 amide bonds. The molecule has 0 spiro atoms. The van der Waals surface area contributed by atoms with E-state index in [4.69, 9.17) is 5.11 Å². The van der Waals surface area contributed by atoms with Gasteiger partial charge in [0.15, 0.2) is 5.69 Å². The number of piperidine rings is 1. The van der Waals surface area contributed by atoms with Gasteiger partial charge < -0.3 is 10.0 Å². The number of amides is 1. The molecule has 9 heteroatoms. The summed E-state index contributed by atoms with van der Waals surface area (Å²) in [6.45, 7) is 3.89. The summed E-state index contributed by atoms with van der Waals surface area (Å²) >= 11 is 0. The molecule has 0 unspecified atom stereocenters. The monoisotopic (exact) mass is 358 g/mol. The van der Waals surface area contributed by atoms with E-state index in [1.807, 2.05) is 4.90 Å². The number of carboxylic acids is 1. The minimum atomic E-state index is -1.09. The molecule has 1 fully saturated rings. The first-order chi connectivity index (χ1) is 12.6.